The van der Waals surface area contributed by atoms with Gasteiger partial charge in [-0.25, -0.2) is 4.39 Å². The van der Waals surface area contributed by atoms with Crippen LogP contribution in [0.1, 0.15) is 33.1 Å². The molecule has 1 aromatic rings. The van der Waals surface area contributed by atoms with Crippen molar-refractivity contribution in [2.75, 3.05) is 11.9 Å². The number of halogens is 2. The first-order chi connectivity index (χ1) is 8.98. The Kier molecular flexibility index (Phi) is 4.36. The summed E-state index contributed by atoms with van der Waals surface area (Å²) in [5.74, 6) is 0.762. The summed E-state index contributed by atoms with van der Waals surface area (Å²) in [4.78, 5) is 0. The number of hydrogen-bond acceptors (Lipinski definition) is 2. The van der Waals surface area contributed by atoms with Gasteiger partial charge in [0.15, 0.2) is 0 Å². The number of rotatable bonds is 3. The van der Waals surface area contributed by atoms with Crippen LogP contribution in [0.5, 0.6) is 0 Å². The van der Waals surface area contributed by atoms with Crippen molar-refractivity contribution in [2.24, 2.45) is 17.6 Å². The fraction of sp³-hybridized carbons (Fsp3) is 0.600. The first kappa shape index (κ1) is 14.6. The zero-order valence-electron chi connectivity index (χ0n) is 11.5. The summed E-state index contributed by atoms with van der Waals surface area (Å²) in [6.45, 7) is 5.01. The largest absolute Gasteiger partial charge is 0.377 e. The number of anilines is 1. The van der Waals surface area contributed by atoms with Crippen molar-refractivity contribution in [1.82, 2.24) is 0 Å². The maximum absolute atomic E-state index is 13.4. The van der Waals surface area contributed by atoms with Crippen LogP contribution in [-0.4, -0.2) is 12.1 Å². The molecule has 1 aliphatic carbocycles. The van der Waals surface area contributed by atoms with Crippen LogP contribution in [-0.2, 0) is 0 Å². The van der Waals surface area contributed by atoms with E-state index in [-0.39, 0.29) is 11.4 Å². The quantitative estimate of drug-likeness (QED) is 0.879. The Morgan fingerprint density at radius 2 is 2.21 bits per heavy atom. The van der Waals surface area contributed by atoms with Gasteiger partial charge in [0.2, 0.25) is 0 Å². The maximum Gasteiger partial charge on any atom is 0.125 e. The third-order valence-electron chi connectivity index (χ3n) is 4.68. The van der Waals surface area contributed by atoms with Gasteiger partial charge in [-0.2, -0.15) is 0 Å². The molecule has 0 bridgehead atoms. The Labute approximate surface area is 119 Å². The average molecular weight is 285 g/mol. The molecule has 2 nitrogen and oxygen atoms in total. The summed E-state index contributed by atoms with van der Waals surface area (Å²) >= 11 is 6.15. The van der Waals surface area contributed by atoms with Gasteiger partial charge in [0.05, 0.1) is 16.2 Å². The van der Waals surface area contributed by atoms with Crippen molar-refractivity contribution in [1.29, 1.82) is 0 Å². The van der Waals surface area contributed by atoms with Gasteiger partial charge >= 0.3 is 0 Å². The van der Waals surface area contributed by atoms with E-state index < -0.39 is 0 Å². The summed E-state index contributed by atoms with van der Waals surface area (Å²) in [5.41, 5.74) is 6.49. The topological polar surface area (TPSA) is 38.0 Å². The normalized spacial score (nSPS) is 31.2. The number of hydrogen-bond donors (Lipinski definition) is 2. The van der Waals surface area contributed by atoms with Crippen molar-refractivity contribution in [3.63, 3.8) is 0 Å². The predicted octanol–water partition coefficient (Wildman–Crippen LogP) is 4.04. The molecule has 0 saturated heterocycles. The highest BCUT2D eigenvalue weighted by Crippen LogP contribution is 2.40. The van der Waals surface area contributed by atoms with Gasteiger partial charge in [0, 0.05) is 6.54 Å². The average Bonchev–Trinajstić information content (AvgIpc) is 2.39. The Balaban J connectivity index is 2.29. The molecule has 1 fully saturated rings. The lowest BCUT2D eigenvalue weighted by atomic mass is 9.68. The maximum atomic E-state index is 13.4. The van der Waals surface area contributed by atoms with E-state index in [0.717, 1.165) is 12.8 Å². The smallest absolute Gasteiger partial charge is 0.125 e. The number of nitrogens with two attached hydrogens (primary N) is 1. The second-order valence-corrected chi connectivity index (χ2v) is 6.17. The highest BCUT2D eigenvalue weighted by atomic mass is 35.5. The van der Waals surface area contributed by atoms with Gasteiger partial charge in [-0.1, -0.05) is 38.3 Å². The molecule has 3 unspecified atom stereocenters. The van der Waals surface area contributed by atoms with E-state index in [2.05, 4.69) is 19.2 Å². The minimum atomic E-state index is -0.282. The molecule has 0 aromatic heterocycles. The van der Waals surface area contributed by atoms with E-state index in [9.17, 15) is 4.39 Å². The molecule has 0 spiro atoms. The van der Waals surface area contributed by atoms with Gasteiger partial charge in [0.1, 0.15) is 5.82 Å². The lowest BCUT2D eigenvalue weighted by Crippen LogP contribution is -2.54. The Morgan fingerprint density at radius 3 is 2.89 bits per heavy atom. The SMILES string of the molecule is CC1CCCC(CN)(Nc2cc(F)ccc2Cl)C1C. The Bertz CT molecular complexity index is 452. The second-order valence-electron chi connectivity index (χ2n) is 5.77. The molecule has 19 heavy (non-hydrogen) atoms. The van der Waals surface area contributed by atoms with Gasteiger partial charge in [-0.3, -0.25) is 0 Å². The molecular formula is C15H22ClFN2. The summed E-state index contributed by atoms with van der Waals surface area (Å²) < 4.78 is 13.4. The van der Waals surface area contributed by atoms with Crippen LogP contribution in [0.25, 0.3) is 0 Å². The molecule has 0 aliphatic heterocycles. The molecule has 0 amide bonds. The van der Waals surface area contributed by atoms with E-state index >= 15 is 0 Å². The van der Waals surface area contributed by atoms with Gasteiger partial charge in [-0.15, -0.1) is 0 Å². The van der Waals surface area contributed by atoms with Crippen LogP contribution in [0.15, 0.2) is 18.2 Å². The molecular weight excluding hydrogens is 263 g/mol. The molecule has 0 heterocycles. The molecule has 3 atom stereocenters. The minimum Gasteiger partial charge on any atom is -0.377 e. The van der Waals surface area contributed by atoms with E-state index in [4.69, 9.17) is 17.3 Å². The Hall–Kier alpha value is -0.800. The molecule has 4 heteroatoms. The third kappa shape index (κ3) is 2.87. The van der Waals surface area contributed by atoms with Crippen LogP contribution < -0.4 is 11.1 Å². The molecule has 1 saturated carbocycles. The molecule has 3 N–H and O–H groups in total. The molecule has 106 valence electrons. The third-order valence-corrected chi connectivity index (χ3v) is 5.01. The zero-order valence-corrected chi connectivity index (χ0v) is 12.3. The molecule has 0 radical (unpaired) electrons. The standard InChI is InChI=1S/C15H22ClFN2/c1-10-4-3-7-15(9-18,11(10)2)19-14-8-12(17)5-6-13(14)16/h5-6,8,10-11,19H,3-4,7,9,18H2,1-2H3. The van der Waals surface area contributed by atoms with Crippen LogP contribution in [0.2, 0.25) is 5.02 Å². The summed E-state index contributed by atoms with van der Waals surface area (Å²) in [6, 6.07) is 4.40. The highest BCUT2D eigenvalue weighted by molar-refractivity contribution is 6.33. The van der Waals surface area contributed by atoms with Crippen LogP contribution in [0.4, 0.5) is 10.1 Å². The lowest BCUT2D eigenvalue weighted by molar-refractivity contribution is 0.168. The van der Waals surface area contributed by atoms with E-state index in [1.54, 1.807) is 6.07 Å². The fourth-order valence-corrected chi connectivity index (χ4v) is 3.30. The van der Waals surface area contributed by atoms with Gasteiger partial charge in [0.25, 0.3) is 0 Å². The van der Waals surface area contributed by atoms with Crippen molar-refractivity contribution in [2.45, 2.75) is 38.6 Å². The van der Waals surface area contributed by atoms with Crippen LogP contribution in [0.3, 0.4) is 0 Å². The minimum absolute atomic E-state index is 0.185. The van der Waals surface area contributed by atoms with Crippen LogP contribution in [0, 0.1) is 17.7 Å². The van der Waals surface area contributed by atoms with E-state index in [1.165, 1.54) is 18.6 Å². The highest BCUT2D eigenvalue weighted by Gasteiger charge is 2.40. The predicted molar refractivity (Wildman–Crippen MR) is 79.0 cm³/mol. The summed E-state index contributed by atoms with van der Waals surface area (Å²) in [5, 5.41) is 3.98. The zero-order chi connectivity index (χ0) is 14.0. The van der Waals surface area contributed by atoms with Crippen molar-refractivity contribution >= 4 is 17.3 Å². The van der Waals surface area contributed by atoms with Crippen molar-refractivity contribution in [3.8, 4) is 0 Å². The van der Waals surface area contributed by atoms with E-state index in [1.807, 2.05) is 0 Å². The van der Waals surface area contributed by atoms with Crippen LogP contribution >= 0.6 is 11.6 Å². The van der Waals surface area contributed by atoms with Gasteiger partial charge < -0.3 is 11.1 Å². The van der Waals surface area contributed by atoms with E-state index in [0.29, 0.717) is 29.1 Å². The second kappa shape index (κ2) is 5.68. The number of benzene rings is 1. The summed E-state index contributed by atoms with van der Waals surface area (Å²) in [7, 11) is 0. The molecule has 1 aromatic carbocycles. The monoisotopic (exact) mass is 284 g/mol. The number of nitrogens with one attached hydrogen (secondary N) is 1. The van der Waals surface area contributed by atoms with Crippen molar-refractivity contribution < 1.29 is 4.39 Å². The van der Waals surface area contributed by atoms with Crippen molar-refractivity contribution in [3.05, 3.63) is 29.0 Å². The first-order valence-electron chi connectivity index (χ1n) is 6.92. The lowest BCUT2D eigenvalue weighted by Gasteiger charge is -2.46. The molecule has 1 aliphatic rings. The summed E-state index contributed by atoms with van der Waals surface area (Å²) in [6.07, 6.45) is 3.37. The molecule has 2 rings (SSSR count). The van der Waals surface area contributed by atoms with Gasteiger partial charge in [-0.05, 0) is 36.5 Å². The first-order valence-corrected chi connectivity index (χ1v) is 7.29. The fourth-order valence-electron chi connectivity index (χ4n) is 3.14. The Morgan fingerprint density at radius 1 is 1.47 bits per heavy atom.